The fourth-order valence-corrected chi connectivity index (χ4v) is 4.48. The Morgan fingerprint density at radius 3 is 2.34 bits per heavy atom. The maximum absolute atomic E-state index is 12.1. The molecule has 29 heavy (non-hydrogen) atoms. The van der Waals surface area contributed by atoms with Crippen LogP contribution >= 0.6 is 0 Å². The van der Waals surface area contributed by atoms with Crippen LogP contribution in [0.3, 0.4) is 0 Å². The lowest BCUT2D eigenvalue weighted by Gasteiger charge is -2.33. The quantitative estimate of drug-likeness (QED) is 0.764. The molecule has 5 heteroatoms. The van der Waals surface area contributed by atoms with Gasteiger partial charge in [-0.25, -0.2) is 0 Å². The first-order chi connectivity index (χ1) is 14.3. The number of hydrogen-bond acceptors (Lipinski definition) is 5. The van der Waals surface area contributed by atoms with Crippen molar-refractivity contribution in [1.29, 1.82) is 0 Å². The molecule has 0 aliphatic carbocycles. The van der Waals surface area contributed by atoms with Gasteiger partial charge in [-0.1, -0.05) is 36.4 Å². The number of piperazine rings is 1. The van der Waals surface area contributed by atoms with Crippen LogP contribution in [0.2, 0.25) is 0 Å². The number of esters is 1. The minimum absolute atomic E-state index is 0.132. The number of rotatable bonds is 6. The monoisotopic (exact) mass is 393 g/mol. The lowest BCUT2D eigenvalue weighted by Crippen LogP contribution is -2.54. The summed E-state index contributed by atoms with van der Waals surface area (Å²) in [5, 5.41) is 3.28. The van der Waals surface area contributed by atoms with E-state index in [0.717, 1.165) is 52.0 Å². The maximum Gasteiger partial charge on any atom is 0.324 e. The van der Waals surface area contributed by atoms with E-state index in [4.69, 9.17) is 4.74 Å². The van der Waals surface area contributed by atoms with Crippen molar-refractivity contribution in [2.24, 2.45) is 0 Å². The van der Waals surface area contributed by atoms with Gasteiger partial charge in [-0.05, 0) is 56.0 Å². The molecule has 0 radical (unpaired) electrons. The minimum atomic E-state index is -0.205. The first-order valence-corrected chi connectivity index (χ1v) is 10.8. The van der Waals surface area contributed by atoms with Gasteiger partial charge >= 0.3 is 5.97 Å². The molecule has 0 bridgehead atoms. The second kappa shape index (κ2) is 9.42. The van der Waals surface area contributed by atoms with Crippen LogP contribution in [0.15, 0.2) is 48.5 Å². The van der Waals surface area contributed by atoms with Gasteiger partial charge < -0.3 is 15.0 Å². The van der Waals surface area contributed by atoms with Crippen molar-refractivity contribution in [3.63, 3.8) is 0 Å². The Balaban J connectivity index is 1.43. The zero-order valence-corrected chi connectivity index (χ0v) is 17.3. The highest BCUT2D eigenvalue weighted by Crippen LogP contribution is 2.35. The molecule has 2 aliphatic rings. The molecule has 1 saturated heterocycles. The van der Waals surface area contributed by atoms with Crippen molar-refractivity contribution in [2.45, 2.75) is 32.2 Å². The highest BCUT2D eigenvalue weighted by atomic mass is 16.5. The molecular formula is C24H31N3O2. The van der Waals surface area contributed by atoms with Gasteiger partial charge in [0.1, 0.15) is 6.04 Å². The topological polar surface area (TPSA) is 44.8 Å². The average molecular weight is 394 g/mol. The lowest BCUT2D eigenvalue weighted by molar-refractivity contribution is -0.146. The molecule has 0 saturated carbocycles. The van der Waals surface area contributed by atoms with Crippen molar-refractivity contribution < 1.29 is 9.53 Å². The number of ether oxygens (including phenoxy) is 1. The average Bonchev–Trinajstić information content (AvgIpc) is 2.92. The lowest BCUT2D eigenvalue weighted by atomic mass is 10.0. The molecule has 1 unspecified atom stereocenters. The molecule has 2 aromatic carbocycles. The number of anilines is 2. The highest BCUT2D eigenvalue weighted by Gasteiger charge is 2.26. The van der Waals surface area contributed by atoms with Crippen molar-refractivity contribution >= 4 is 17.3 Å². The van der Waals surface area contributed by atoms with Crippen molar-refractivity contribution in [3.8, 4) is 0 Å². The SMILES string of the molecule is CCOC(=O)C1CN(CCCN2c3ccccc3CCc3ccccc32)CCN1. The number of nitrogens with zero attached hydrogens (tertiary/aromatic N) is 2. The van der Waals surface area contributed by atoms with E-state index in [1.807, 2.05) is 6.92 Å². The van der Waals surface area contributed by atoms with E-state index in [-0.39, 0.29) is 12.0 Å². The van der Waals surface area contributed by atoms with Gasteiger partial charge in [-0.15, -0.1) is 0 Å². The number of carbonyl (C=O) groups excluding carboxylic acids is 1. The zero-order chi connectivity index (χ0) is 20.1. The van der Waals surface area contributed by atoms with E-state index in [0.29, 0.717) is 6.61 Å². The summed E-state index contributed by atoms with van der Waals surface area (Å²) in [6, 6.07) is 17.4. The standard InChI is InChI=1S/C24H31N3O2/c1-2-29-24(28)21-18-26(17-14-25-21)15-7-16-27-22-10-5-3-8-19(22)12-13-20-9-4-6-11-23(20)27/h3-6,8-11,21,25H,2,7,12-18H2,1H3. The van der Waals surface area contributed by atoms with Crippen LogP contribution in [0.1, 0.15) is 24.5 Å². The molecular weight excluding hydrogens is 362 g/mol. The highest BCUT2D eigenvalue weighted by molar-refractivity contribution is 5.76. The van der Waals surface area contributed by atoms with E-state index in [9.17, 15) is 4.79 Å². The fourth-order valence-electron chi connectivity index (χ4n) is 4.48. The second-order valence-electron chi connectivity index (χ2n) is 7.82. The summed E-state index contributed by atoms with van der Waals surface area (Å²) in [7, 11) is 0. The maximum atomic E-state index is 12.1. The smallest absolute Gasteiger partial charge is 0.324 e. The third kappa shape index (κ3) is 4.62. The number of hydrogen-bond donors (Lipinski definition) is 1. The predicted molar refractivity (Wildman–Crippen MR) is 117 cm³/mol. The molecule has 0 spiro atoms. The molecule has 2 aliphatic heterocycles. The molecule has 2 heterocycles. The fraction of sp³-hybridized carbons (Fsp3) is 0.458. The summed E-state index contributed by atoms with van der Waals surface area (Å²) >= 11 is 0. The van der Waals surface area contributed by atoms with Crippen molar-refractivity contribution in [3.05, 3.63) is 59.7 Å². The van der Waals surface area contributed by atoms with Gasteiger partial charge in [0.05, 0.1) is 6.61 Å². The minimum Gasteiger partial charge on any atom is -0.465 e. The summed E-state index contributed by atoms with van der Waals surface area (Å²) in [4.78, 5) is 16.9. The van der Waals surface area contributed by atoms with Crippen LogP contribution in [0.5, 0.6) is 0 Å². The van der Waals surface area contributed by atoms with E-state index >= 15 is 0 Å². The molecule has 1 fully saturated rings. The Bertz CT molecular complexity index is 791. The Morgan fingerprint density at radius 2 is 1.69 bits per heavy atom. The van der Waals surface area contributed by atoms with E-state index in [2.05, 4.69) is 63.6 Å². The molecule has 5 nitrogen and oxygen atoms in total. The Kier molecular flexibility index (Phi) is 6.47. The van der Waals surface area contributed by atoms with Crippen LogP contribution in [0.25, 0.3) is 0 Å². The molecule has 2 aromatic rings. The number of para-hydroxylation sites is 2. The van der Waals surface area contributed by atoms with Crippen molar-refractivity contribution in [1.82, 2.24) is 10.2 Å². The van der Waals surface area contributed by atoms with Gasteiger partial charge in [-0.3, -0.25) is 9.69 Å². The Hall–Kier alpha value is -2.37. The summed E-state index contributed by atoms with van der Waals surface area (Å²) < 4.78 is 5.19. The van der Waals surface area contributed by atoms with Gasteiger partial charge in [0.25, 0.3) is 0 Å². The number of fused-ring (bicyclic) bond motifs is 2. The number of aryl methyl sites for hydroxylation is 2. The van der Waals surface area contributed by atoms with Crippen LogP contribution in [-0.2, 0) is 22.4 Å². The Morgan fingerprint density at radius 1 is 1.03 bits per heavy atom. The van der Waals surface area contributed by atoms with E-state index in [1.165, 1.54) is 22.5 Å². The number of carbonyl (C=O) groups is 1. The summed E-state index contributed by atoms with van der Waals surface area (Å²) in [6.07, 6.45) is 3.23. The van der Waals surface area contributed by atoms with Crippen LogP contribution in [0, 0.1) is 0 Å². The van der Waals surface area contributed by atoms with Crippen LogP contribution in [-0.4, -0.2) is 56.2 Å². The molecule has 1 N–H and O–H groups in total. The first-order valence-electron chi connectivity index (χ1n) is 10.8. The van der Waals surface area contributed by atoms with Gasteiger partial charge in [0, 0.05) is 37.6 Å². The van der Waals surface area contributed by atoms with Crippen molar-refractivity contribution in [2.75, 3.05) is 44.2 Å². The Labute approximate surface area is 173 Å². The van der Waals surface area contributed by atoms with E-state index in [1.54, 1.807) is 0 Å². The molecule has 0 aromatic heterocycles. The van der Waals surface area contributed by atoms with E-state index < -0.39 is 0 Å². The predicted octanol–water partition coefficient (Wildman–Crippen LogP) is 3.15. The normalized spacial score (nSPS) is 19.2. The van der Waals surface area contributed by atoms with Gasteiger partial charge in [-0.2, -0.15) is 0 Å². The van der Waals surface area contributed by atoms with Crippen LogP contribution < -0.4 is 10.2 Å². The number of benzene rings is 2. The summed E-state index contributed by atoms with van der Waals surface area (Å²) in [5.41, 5.74) is 5.52. The first kappa shape index (κ1) is 19.9. The van der Waals surface area contributed by atoms with Gasteiger partial charge in [0.15, 0.2) is 0 Å². The van der Waals surface area contributed by atoms with Gasteiger partial charge in [0.2, 0.25) is 0 Å². The molecule has 0 amide bonds. The second-order valence-corrected chi connectivity index (χ2v) is 7.82. The zero-order valence-electron chi connectivity index (χ0n) is 17.3. The third-order valence-corrected chi connectivity index (χ3v) is 5.92. The van der Waals surface area contributed by atoms with Crippen LogP contribution in [0.4, 0.5) is 11.4 Å². The molecule has 1 atom stereocenters. The molecule has 4 rings (SSSR count). The summed E-state index contributed by atoms with van der Waals surface area (Å²) in [6.45, 7) is 6.79. The summed E-state index contributed by atoms with van der Waals surface area (Å²) in [5.74, 6) is -0.132. The third-order valence-electron chi connectivity index (χ3n) is 5.92. The molecule has 154 valence electrons. The number of nitrogens with one attached hydrogen (secondary N) is 1. The largest absolute Gasteiger partial charge is 0.465 e.